The van der Waals surface area contributed by atoms with E-state index in [-0.39, 0.29) is 28.9 Å². The van der Waals surface area contributed by atoms with E-state index in [1.54, 1.807) is 78.2 Å². The lowest BCUT2D eigenvalue weighted by Crippen LogP contribution is -2.26. The number of phenols is 2. The van der Waals surface area contributed by atoms with Gasteiger partial charge >= 0.3 is 0 Å². The number of anilines is 1. The summed E-state index contributed by atoms with van der Waals surface area (Å²) in [5.74, 6) is -0.474. The van der Waals surface area contributed by atoms with E-state index in [1.807, 2.05) is 30.3 Å². The predicted molar refractivity (Wildman–Crippen MR) is 136 cm³/mol. The van der Waals surface area contributed by atoms with Gasteiger partial charge in [-0.25, -0.2) is 5.01 Å². The molecule has 3 aromatic rings. The van der Waals surface area contributed by atoms with Crippen LogP contribution in [-0.4, -0.2) is 46.8 Å². The highest BCUT2D eigenvalue weighted by molar-refractivity contribution is 6.07. The Kier molecular flexibility index (Phi) is 8.95. The third-order valence-corrected chi connectivity index (χ3v) is 5.03. The predicted octanol–water partition coefficient (Wildman–Crippen LogP) is 5.15. The molecule has 0 unspecified atom stereocenters. The van der Waals surface area contributed by atoms with Crippen LogP contribution in [0.25, 0.3) is 0 Å². The Labute approximate surface area is 200 Å². The van der Waals surface area contributed by atoms with Crippen molar-refractivity contribution in [1.82, 2.24) is 5.01 Å². The summed E-state index contributed by atoms with van der Waals surface area (Å²) in [6.07, 6.45) is 0. The molecule has 0 aliphatic carbocycles. The molecule has 178 valence electrons. The number of hydrogen-bond acceptors (Lipinski definition) is 5. The van der Waals surface area contributed by atoms with Crippen molar-refractivity contribution in [2.24, 2.45) is 5.10 Å². The van der Waals surface area contributed by atoms with E-state index in [2.05, 4.69) is 5.10 Å². The van der Waals surface area contributed by atoms with Crippen molar-refractivity contribution < 1.29 is 19.8 Å². The largest absolute Gasteiger partial charge is 0.507 e. The Hall–Kier alpha value is -4.13. The van der Waals surface area contributed by atoms with Crippen LogP contribution in [0.15, 0.2) is 71.8 Å². The van der Waals surface area contributed by atoms with E-state index in [1.165, 1.54) is 9.91 Å². The normalized spacial score (nSPS) is 9.94. The number of hydrazone groups is 1. The molecule has 0 bridgehead atoms. The van der Waals surface area contributed by atoms with Gasteiger partial charge in [-0.05, 0) is 63.1 Å². The Morgan fingerprint density at radius 3 is 1.65 bits per heavy atom. The summed E-state index contributed by atoms with van der Waals surface area (Å²) < 4.78 is 0. The van der Waals surface area contributed by atoms with Gasteiger partial charge in [0.15, 0.2) is 0 Å². The van der Waals surface area contributed by atoms with Gasteiger partial charge in [-0.15, -0.1) is 0 Å². The van der Waals surface area contributed by atoms with Crippen LogP contribution in [0.5, 0.6) is 11.5 Å². The number of aromatic hydroxyl groups is 2. The van der Waals surface area contributed by atoms with Crippen molar-refractivity contribution in [3.63, 3.8) is 0 Å². The van der Waals surface area contributed by atoms with Crippen LogP contribution in [0.3, 0.4) is 0 Å². The molecule has 0 aliphatic rings. The minimum atomic E-state index is -0.317. The van der Waals surface area contributed by atoms with E-state index in [9.17, 15) is 19.8 Å². The van der Waals surface area contributed by atoms with Crippen LogP contribution in [0, 0.1) is 13.8 Å². The van der Waals surface area contributed by atoms with E-state index in [4.69, 9.17) is 0 Å². The summed E-state index contributed by atoms with van der Waals surface area (Å²) in [5, 5.41) is 24.9. The average Bonchev–Trinajstić information content (AvgIpc) is 2.82. The fourth-order valence-corrected chi connectivity index (χ4v) is 3.13. The van der Waals surface area contributed by atoms with E-state index in [0.717, 1.165) is 11.4 Å². The third kappa shape index (κ3) is 6.45. The van der Waals surface area contributed by atoms with Crippen molar-refractivity contribution in [2.75, 3.05) is 19.0 Å². The van der Waals surface area contributed by atoms with Crippen LogP contribution in [0.2, 0.25) is 0 Å². The highest BCUT2D eigenvalue weighted by Gasteiger charge is 2.18. The molecule has 0 heterocycles. The molecule has 0 aromatic heterocycles. The van der Waals surface area contributed by atoms with Crippen LogP contribution in [-0.2, 0) is 0 Å². The highest BCUT2D eigenvalue weighted by atomic mass is 16.3. The zero-order chi connectivity index (χ0) is 25.4. The number of para-hydroxylation sites is 3. The molecule has 7 heteroatoms. The summed E-state index contributed by atoms with van der Waals surface area (Å²) in [7, 11) is 3.26. The van der Waals surface area contributed by atoms with Crippen molar-refractivity contribution in [2.45, 2.75) is 27.7 Å². The van der Waals surface area contributed by atoms with Gasteiger partial charge in [0.25, 0.3) is 11.8 Å². The second kappa shape index (κ2) is 11.7. The standard InChI is InChI=1S/C15H15NO2.C12H16N2O2/c1-11-7-6-10-13(14(11)17)15(18)16(2)12-8-4-3-5-9-12;1-8(2)13-14(4)12(16)10-7-5-6-9(3)11(10)15/h3-10,17H,1-2H3;5-7,15H,1-4H3. The molecule has 3 aromatic carbocycles. The molecule has 2 amide bonds. The molecule has 0 spiro atoms. The van der Waals surface area contributed by atoms with E-state index < -0.39 is 0 Å². The van der Waals surface area contributed by atoms with Gasteiger partial charge in [0.2, 0.25) is 0 Å². The molecule has 7 nitrogen and oxygen atoms in total. The van der Waals surface area contributed by atoms with Crippen molar-refractivity contribution in [3.05, 3.63) is 89.0 Å². The second-order valence-corrected chi connectivity index (χ2v) is 8.02. The van der Waals surface area contributed by atoms with Crippen LogP contribution in [0.1, 0.15) is 45.7 Å². The lowest BCUT2D eigenvalue weighted by Gasteiger charge is -2.18. The zero-order valence-electron chi connectivity index (χ0n) is 20.4. The number of phenolic OH excluding ortho intramolecular Hbond substituents is 2. The Morgan fingerprint density at radius 1 is 0.706 bits per heavy atom. The second-order valence-electron chi connectivity index (χ2n) is 8.02. The lowest BCUT2D eigenvalue weighted by molar-refractivity contribution is 0.0795. The smallest absolute Gasteiger partial charge is 0.277 e. The summed E-state index contributed by atoms with van der Waals surface area (Å²) >= 11 is 0. The molecule has 0 radical (unpaired) electrons. The summed E-state index contributed by atoms with van der Waals surface area (Å²) in [4.78, 5) is 25.7. The monoisotopic (exact) mass is 461 g/mol. The van der Waals surface area contributed by atoms with Gasteiger partial charge in [0.05, 0.1) is 11.1 Å². The first-order valence-corrected chi connectivity index (χ1v) is 10.7. The van der Waals surface area contributed by atoms with Crippen molar-refractivity contribution in [3.8, 4) is 11.5 Å². The van der Waals surface area contributed by atoms with Gasteiger partial charge in [0, 0.05) is 25.5 Å². The topological polar surface area (TPSA) is 93.4 Å². The third-order valence-electron chi connectivity index (χ3n) is 5.03. The number of hydrogen-bond donors (Lipinski definition) is 2. The fourth-order valence-electron chi connectivity index (χ4n) is 3.13. The Balaban J connectivity index is 0.000000242. The molecule has 0 fully saturated rings. The molecular weight excluding hydrogens is 430 g/mol. The average molecular weight is 462 g/mol. The Morgan fingerprint density at radius 2 is 1.18 bits per heavy atom. The minimum absolute atomic E-state index is 0.0170. The van der Waals surface area contributed by atoms with Gasteiger partial charge in [0.1, 0.15) is 11.5 Å². The maximum atomic E-state index is 12.3. The first kappa shape index (κ1) is 26.1. The number of carbonyl (C=O) groups excluding carboxylic acids is 2. The highest BCUT2D eigenvalue weighted by Crippen LogP contribution is 2.25. The summed E-state index contributed by atoms with van der Waals surface area (Å²) in [5.41, 5.74) is 3.54. The molecule has 3 rings (SSSR count). The van der Waals surface area contributed by atoms with Crippen LogP contribution < -0.4 is 4.90 Å². The quantitative estimate of drug-likeness (QED) is 0.415. The number of amides is 2. The van der Waals surface area contributed by atoms with Gasteiger partial charge in [-0.2, -0.15) is 5.10 Å². The number of benzene rings is 3. The SMILES string of the molecule is CC(C)=NN(C)C(=O)c1cccc(C)c1O.Cc1cccc(C(=O)N(C)c2ccccc2)c1O. The maximum Gasteiger partial charge on any atom is 0.277 e. The van der Waals surface area contributed by atoms with E-state index >= 15 is 0 Å². The van der Waals surface area contributed by atoms with Crippen molar-refractivity contribution in [1.29, 1.82) is 0 Å². The summed E-state index contributed by atoms with van der Waals surface area (Å²) in [6, 6.07) is 19.6. The van der Waals surface area contributed by atoms with Gasteiger partial charge in [-0.1, -0.05) is 42.5 Å². The molecular formula is C27H31N3O4. The molecule has 0 saturated carbocycles. The van der Waals surface area contributed by atoms with Crippen molar-refractivity contribution >= 4 is 23.2 Å². The van der Waals surface area contributed by atoms with Crippen LogP contribution in [0.4, 0.5) is 5.69 Å². The molecule has 0 saturated heterocycles. The zero-order valence-corrected chi connectivity index (χ0v) is 20.4. The minimum Gasteiger partial charge on any atom is -0.507 e. The molecule has 2 N–H and O–H groups in total. The fraction of sp³-hybridized carbons (Fsp3) is 0.222. The molecule has 0 aliphatic heterocycles. The Bertz CT molecular complexity index is 1190. The molecule has 34 heavy (non-hydrogen) atoms. The summed E-state index contributed by atoms with van der Waals surface area (Å²) in [6.45, 7) is 7.13. The first-order chi connectivity index (χ1) is 16.0. The number of carbonyl (C=O) groups is 2. The lowest BCUT2D eigenvalue weighted by atomic mass is 10.1. The van der Waals surface area contributed by atoms with Gasteiger partial charge in [-0.3, -0.25) is 9.59 Å². The number of aryl methyl sites for hydroxylation is 2. The maximum absolute atomic E-state index is 12.3. The number of nitrogens with zero attached hydrogens (tertiary/aromatic N) is 3. The molecule has 0 atom stereocenters. The van der Waals surface area contributed by atoms with Crippen LogP contribution >= 0.6 is 0 Å². The number of rotatable bonds is 4. The first-order valence-electron chi connectivity index (χ1n) is 10.7. The van der Waals surface area contributed by atoms with E-state index in [0.29, 0.717) is 16.7 Å². The van der Waals surface area contributed by atoms with Gasteiger partial charge < -0.3 is 15.1 Å².